The highest BCUT2D eigenvalue weighted by molar-refractivity contribution is 6.02. The number of Topliss-reactive ketones (excluding diaryl/α,β-unsaturated/α-hetero) is 3. The molecule has 4 aliphatic rings. The first kappa shape index (κ1) is 26.4. The fourth-order valence-electron chi connectivity index (χ4n) is 8.31. The minimum atomic E-state index is -0.982. The van der Waals surface area contributed by atoms with Crippen LogP contribution in [0.15, 0.2) is 54.6 Å². The molecule has 6 atom stereocenters. The molecule has 0 aromatic heterocycles. The number of hydrogen-bond acceptors (Lipinski definition) is 4. The van der Waals surface area contributed by atoms with Crippen LogP contribution in [0.4, 0.5) is 0 Å². The van der Waals surface area contributed by atoms with Crippen LogP contribution in [0.25, 0.3) is 0 Å². The maximum absolute atomic E-state index is 14.4. The van der Waals surface area contributed by atoms with Crippen LogP contribution in [-0.4, -0.2) is 29.1 Å². The molecular formula is C35H40O4. The van der Waals surface area contributed by atoms with E-state index in [2.05, 4.69) is 37.3 Å². The summed E-state index contributed by atoms with van der Waals surface area (Å²) >= 11 is 0. The number of hydrogen-bond donors (Lipinski definition) is 0. The van der Waals surface area contributed by atoms with Crippen LogP contribution in [0.5, 0.6) is 0 Å². The minimum Gasteiger partial charge on any atom is -0.361 e. The maximum atomic E-state index is 14.4. The van der Waals surface area contributed by atoms with Gasteiger partial charge in [0.1, 0.15) is 23.0 Å². The van der Waals surface area contributed by atoms with E-state index in [0.717, 1.165) is 40.7 Å². The molecule has 6 rings (SSSR count). The Morgan fingerprint density at radius 3 is 2.38 bits per heavy atom. The molecule has 39 heavy (non-hydrogen) atoms. The van der Waals surface area contributed by atoms with Gasteiger partial charge in [0.25, 0.3) is 0 Å². The molecule has 1 saturated heterocycles. The van der Waals surface area contributed by atoms with Crippen molar-refractivity contribution in [3.63, 3.8) is 0 Å². The third kappa shape index (κ3) is 4.65. The SMILES string of the molecule is Cc1cc(C)cc(CC(=O)C2C3C=CC4(O3)C(C(=O)CC3CCCCC3)C(Cc3ccccc3C)C(=O)C24)c1. The Hall–Kier alpha value is -2.85. The van der Waals surface area contributed by atoms with Crippen LogP contribution >= 0.6 is 0 Å². The van der Waals surface area contributed by atoms with E-state index in [0.29, 0.717) is 18.8 Å². The molecule has 0 N–H and O–H groups in total. The summed E-state index contributed by atoms with van der Waals surface area (Å²) in [5, 5.41) is 0. The first-order valence-corrected chi connectivity index (χ1v) is 14.8. The lowest BCUT2D eigenvalue weighted by atomic mass is 9.70. The molecule has 2 bridgehead atoms. The highest BCUT2D eigenvalue weighted by atomic mass is 16.5. The lowest BCUT2D eigenvalue weighted by Crippen LogP contribution is -2.44. The van der Waals surface area contributed by atoms with Gasteiger partial charge < -0.3 is 4.74 Å². The van der Waals surface area contributed by atoms with Gasteiger partial charge in [-0.15, -0.1) is 0 Å². The van der Waals surface area contributed by atoms with E-state index in [4.69, 9.17) is 4.74 Å². The van der Waals surface area contributed by atoms with Gasteiger partial charge in [-0.25, -0.2) is 0 Å². The standard InChI is InChI=1S/C35H40O4/c1-21-15-22(2)17-25(16-21)19-28(36)31-30-13-14-35(39-30)32(29(37)18-24-10-5-4-6-11-24)27(34(38)33(31)35)20-26-12-8-7-9-23(26)3/h7-9,12-17,24,27,30-33H,4-6,10-11,18-20H2,1-3H3. The van der Waals surface area contributed by atoms with Gasteiger partial charge in [-0.05, 0) is 49.8 Å². The van der Waals surface area contributed by atoms with Crippen molar-refractivity contribution in [1.29, 1.82) is 0 Å². The van der Waals surface area contributed by atoms with Crippen LogP contribution in [0, 0.1) is 50.4 Å². The highest BCUT2D eigenvalue weighted by Gasteiger charge is 2.72. The number of carbonyl (C=O) groups is 3. The molecule has 2 heterocycles. The van der Waals surface area contributed by atoms with Gasteiger partial charge in [-0.3, -0.25) is 14.4 Å². The number of fused-ring (bicyclic) bond motifs is 1. The van der Waals surface area contributed by atoms with Crippen molar-refractivity contribution in [2.45, 2.75) is 83.8 Å². The molecule has 3 fully saturated rings. The van der Waals surface area contributed by atoms with E-state index in [9.17, 15) is 14.4 Å². The van der Waals surface area contributed by atoms with Crippen molar-refractivity contribution < 1.29 is 19.1 Å². The quantitative estimate of drug-likeness (QED) is 0.383. The first-order valence-electron chi connectivity index (χ1n) is 14.8. The van der Waals surface area contributed by atoms with Gasteiger partial charge in [-0.2, -0.15) is 0 Å². The summed E-state index contributed by atoms with van der Waals surface area (Å²) in [5.41, 5.74) is 4.47. The molecule has 4 heteroatoms. The Labute approximate surface area is 232 Å². The topological polar surface area (TPSA) is 60.4 Å². The van der Waals surface area contributed by atoms with Crippen molar-refractivity contribution in [2.24, 2.45) is 29.6 Å². The summed E-state index contributed by atoms with van der Waals surface area (Å²) in [6.07, 6.45) is 10.6. The predicted octanol–water partition coefficient (Wildman–Crippen LogP) is 6.26. The fraction of sp³-hybridized carbons (Fsp3) is 0.514. The van der Waals surface area contributed by atoms with E-state index in [1.54, 1.807) is 0 Å². The molecule has 0 amide bonds. The average molecular weight is 525 g/mol. The second-order valence-corrected chi connectivity index (χ2v) is 12.7. The second kappa shape index (κ2) is 10.3. The molecule has 6 unspecified atom stereocenters. The van der Waals surface area contributed by atoms with E-state index in [-0.39, 0.29) is 23.8 Å². The second-order valence-electron chi connectivity index (χ2n) is 12.7. The summed E-state index contributed by atoms with van der Waals surface area (Å²) in [7, 11) is 0. The van der Waals surface area contributed by atoms with E-state index in [1.165, 1.54) is 19.3 Å². The number of rotatable bonds is 8. The van der Waals surface area contributed by atoms with Crippen molar-refractivity contribution in [2.75, 3.05) is 0 Å². The minimum absolute atomic E-state index is 0.0459. The summed E-state index contributed by atoms with van der Waals surface area (Å²) in [6.45, 7) is 6.14. The number of ether oxygens (including phenoxy) is 1. The lowest BCUT2D eigenvalue weighted by molar-refractivity contribution is -0.135. The Bertz CT molecular complexity index is 1310. The van der Waals surface area contributed by atoms with Crippen molar-refractivity contribution in [3.8, 4) is 0 Å². The number of aryl methyl sites for hydroxylation is 3. The van der Waals surface area contributed by atoms with Gasteiger partial charge in [-0.1, -0.05) is 97.8 Å². The summed E-state index contributed by atoms with van der Waals surface area (Å²) in [5.74, 6) is -1.47. The van der Waals surface area contributed by atoms with Crippen LogP contribution in [0.3, 0.4) is 0 Å². The number of benzene rings is 2. The lowest BCUT2D eigenvalue weighted by Gasteiger charge is -2.32. The van der Waals surface area contributed by atoms with Crippen LogP contribution in [0.2, 0.25) is 0 Å². The average Bonchev–Trinajstić information content (AvgIpc) is 3.53. The Kier molecular flexibility index (Phi) is 6.95. The zero-order valence-corrected chi connectivity index (χ0v) is 23.5. The summed E-state index contributed by atoms with van der Waals surface area (Å²) < 4.78 is 6.62. The third-order valence-electron chi connectivity index (χ3n) is 9.94. The van der Waals surface area contributed by atoms with E-state index >= 15 is 0 Å². The number of carbonyl (C=O) groups excluding carboxylic acids is 3. The largest absolute Gasteiger partial charge is 0.361 e. The molecular weight excluding hydrogens is 484 g/mol. The van der Waals surface area contributed by atoms with Crippen LogP contribution in [0.1, 0.15) is 66.3 Å². The monoisotopic (exact) mass is 524 g/mol. The molecule has 204 valence electrons. The van der Waals surface area contributed by atoms with Gasteiger partial charge in [0.2, 0.25) is 0 Å². The first-order chi connectivity index (χ1) is 18.8. The molecule has 2 aromatic carbocycles. The van der Waals surface area contributed by atoms with E-state index in [1.807, 2.05) is 38.1 Å². The Morgan fingerprint density at radius 1 is 0.949 bits per heavy atom. The smallest absolute Gasteiger partial charge is 0.144 e. The normalized spacial score (nSPS) is 31.6. The Balaban J connectivity index is 1.34. The zero-order chi connectivity index (χ0) is 27.3. The van der Waals surface area contributed by atoms with Gasteiger partial charge >= 0.3 is 0 Å². The van der Waals surface area contributed by atoms with Crippen LogP contribution < -0.4 is 0 Å². The van der Waals surface area contributed by atoms with Crippen molar-refractivity contribution in [1.82, 2.24) is 0 Å². The molecule has 2 saturated carbocycles. The van der Waals surface area contributed by atoms with Gasteiger partial charge in [0.15, 0.2) is 0 Å². The maximum Gasteiger partial charge on any atom is 0.144 e. The van der Waals surface area contributed by atoms with Gasteiger partial charge in [0, 0.05) is 18.8 Å². The van der Waals surface area contributed by atoms with Crippen molar-refractivity contribution in [3.05, 3.63) is 82.4 Å². The predicted molar refractivity (Wildman–Crippen MR) is 151 cm³/mol. The van der Waals surface area contributed by atoms with Crippen LogP contribution in [-0.2, 0) is 32.0 Å². The number of ketones is 3. The molecule has 2 aliphatic carbocycles. The van der Waals surface area contributed by atoms with Crippen molar-refractivity contribution >= 4 is 17.3 Å². The molecule has 0 radical (unpaired) electrons. The van der Waals surface area contributed by atoms with E-state index < -0.39 is 35.4 Å². The zero-order valence-electron chi connectivity index (χ0n) is 23.5. The molecule has 1 spiro atoms. The fourth-order valence-corrected chi connectivity index (χ4v) is 8.31. The third-order valence-corrected chi connectivity index (χ3v) is 9.94. The summed E-state index contributed by atoms with van der Waals surface area (Å²) in [6, 6.07) is 14.3. The summed E-state index contributed by atoms with van der Waals surface area (Å²) in [4.78, 5) is 42.4. The Morgan fingerprint density at radius 2 is 1.67 bits per heavy atom. The highest BCUT2D eigenvalue weighted by Crippen LogP contribution is 2.60. The van der Waals surface area contributed by atoms with Gasteiger partial charge in [0.05, 0.1) is 23.9 Å². The molecule has 2 aromatic rings. The molecule has 4 nitrogen and oxygen atoms in total. The molecule has 2 aliphatic heterocycles.